The van der Waals surface area contributed by atoms with Crippen LogP contribution in [0.2, 0.25) is 0 Å². The highest BCUT2D eigenvalue weighted by molar-refractivity contribution is 5.79. The summed E-state index contributed by atoms with van der Waals surface area (Å²) >= 11 is 0. The molecule has 19 heavy (non-hydrogen) atoms. The Labute approximate surface area is 116 Å². The fourth-order valence-electron chi connectivity index (χ4n) is 1.95. The van der Waals surface area contributed by atoms with Crippen LogP contribution in [0.15, 0.2) is 0 Å². The highest BCUT2D eigenvalue weighted by Gasteiger charge is 2.15. The van der Waals surface area contributed by atoms with Gasteiger partial charge in [-0.3, -0.25) is 14.5 Å². The van der Waals surface area contributed by atoms with E-state index in [2.05, 4.69) is 12.2 Å². The summed E-state index contributed by atoms with van der Waals surface area (Å²) in [6, 6.07) is 0.184. The lowest BCUT2D eigenvalue weighted by Gasteiger charge is -2.21. The molecule has 0 fully saturated rings. The fraction of sp³-hybridized carbons (Fsp3) is 0.857. The molecule has 112 valence electrons. The molecule has 0 radical (unpaired) electrons. The lowest BCUT2D eigenvalue weighted by molar-refractivity contribution is -0.144. The van der Waals surface area contributed by atoms with E-state index in [9.17, 15) is 9.59 Å². The number of nitrogens with zero attached hydrogens (tertiary/aromatic N) is 1. The predicted octanol–water partition coefficient (Wildman–Crippen LogP) is 1.57. The molecule has 0 bridgehead atoms. The predicted molar refractivity (Wildman–Crippen MR) is 75.9 cm³/mol. The topological polar surface area (TPSA) is 58.6 Å². The molecule has 0 aliphatic heterocycles. The van der Waals surface area contributed by atoms with Gasteiger partial charge in [-0.1, -0.05) is 20.3 Å². The van der Waals surface area contributed by atoms with E-state index in [4.69, 9.17) is 4.74 Å². The average molecular weight is 272 g/mol. The van der Waals surface area contributed by atoms with Gasteiger partial charge >= 0.3 is 5.97 Å². The summed E-state index contributed by atoms with van der Waals surface area (Å²) in [6.07, 6.45) is 2.91. The molecule has 0 spiro atoms. The lowest BCUT2D eigenvalue weighted by atomic mass is 10.2. The van der Waals surface area contributed by atoms with E-state index in [0.29, 0.717) is 13.2 Å². The van der Waals surface area contributed by atoms with Crippen molar-refractivity contribution in [1.29, 1.82) is 0 Å². The maximum Gasteiger partial charge on any atom is 0.320 e. The van der Waals surface area contributed by atoms with Crippen molar-refractivity contribution < 1.29 is 14.3 Å². The number of carbonyl (C=O) groups excluding carboxylic acids is 2. The summed E-state index contributed by atoms with van der Waals surface area (Å²) in [6.45, 7) is 9.41. The van der Waals surface area contributed by atoms with Crippen molar-refractivity contribution in [3.63, 3.8) is 0 Å². The van der Waals surface area contributed by atoms with Gasteiger partial charge in [0, 0.05) is 6.04 Å². The summed E-state index contributed by atoms with van der Waals surface area (Å²) in [7, 11) is 0. The summed E-state index contributed by atoms with van der Waals surface area (Å²) in [4.78, 5) is 25.1. The molecule has 5 heteroatoms. The van der Waals surface area contributed by atoms with Crippen LogP contribution in [0.5, 0.6) is 0 Å². The molecule has 0 aromatic carbocycles. The minimum absolute atomic E-state index is 0.0290. The SMILES string of the molecule is CCCC(C)NC(=O)CN(CCC)CC(=O)OCC. The van der Waals surface area contributed by atoms with Crippen LogP contribution in [0, 0.1) is 0 Å². The Hall–Kier alpha value is -1.10. The second kappa shape index (κ2) is 10.8. The van der Waals surface area contributed by atoms with Crippen LogP contribution in [0.3, 0.4) is 0 Å². The molecule has 1 N–H and O–H groups in total. The third-order valence-electron chi connectivity index (χ3n) is 2.69. The van der Waals surface area contributed by atoms with Crippen molar-refractivity contribution in [2.24, 2.45) is 0 Å². The Balaban J connectivity index is 4.17. The Morgan fingerprint density at radius 1 is 1.16 bits per heavy atom. The third kappa shape index (κ3) is 9.47. The summed E-state index contributed by atoms with van der Waals surface area (Å²) in [5.41, 5.74) is 0. The lowest BCUT2D eigenvalue weighted by Crippen LogP contribution is -2.43. The van der Waals surface area contributed by atoms with Gasteiger partial charge in [0.1, 0.15) is 0 Å². The van der Waals surface area contributed by atoms with E-state index in [1.807, 2.05) is 18.7 Å². The Kier molecular flexibility index (Phi) is 10.2. The Bertz CT molecular complexity index is 269. The minimum Gasteiger partial charge on any atom is -0.465 e. The number of rotatable bonds is 10. The van der Waals surface area contributed by atoms with Crippen molar-refractivity contribution >= 4 is 11.9 Å². The summed E-state index contributed by atoms with van der Waals surface area (Å²) in [5.74, 6) is -0.302. The molecule has 1 amide bonds. The van der Waals surface area contributed by atoms with E-state index in [1.165, 1.54) is 0 Å². The van der Waals surface area contributed by atoms with Crippen LogP contribution >= 0.6 is 0 Å². The monoisotopic (exact) mass is 272 g/mol. The molecule has 1 unspecified atom stereocenters. The van der Waals surface area contributed by atoms with Gasteiger partial charge in [0.15, 0.2) is 0 Å². The van der Waals surface area contributed by atoms with E-state index in [-0.39, 0.29) is 31.0 Å². The largest absolute Gasteiger partial charge is 0.465 e. The van der Waals surface area contributed by atoms with Crippen LogP contribution in [0.4, 0.5) is 0 Å². The molecule has 0 aliphatic carbocycles. The highest BCUT2D eigenvalue weighted by atomic mass is 16.5. The number of amides is 1. The third-order valence-corrected chi connectivity index (χ3v) is 2.69. The first-order valence-electron chi connectivity index (χ1n) is 7.20. The Morgan fingerprint density at radius 3 is 2.37 bits per heavy atom. The smallest absolute Gasteiger partial charge is 0.320 e. The molecule has 0 aromatic heterocycles. The van der Waals surface area contributed by atoms with Gasteiger partial charge in [0.2, 0.25) is 5.91 Å². The second-order valence-corrected chi connectivity index (χ2v) is 4.77. The molecule has 0 rings (SSSR count). The molecule has 0 saturated carbocycles. The van der Waals surface area contributed by atoms with Gasteiger partial charge in [0.05, 0.1) is 19.7 Å². The minimum atomic E-state index is -0.273. The van der Waals surface area contributed by atoms with E-state index in [1.54, 1.807) is 6.92 Å². The van der Waals surface area contributed by atoms with Crippen LogP contribution in [-0.2, 0) is 14.3 Å². The van der Waals surface area contributed by atoms with Crippen molar-refractivity contribution in [2.45, 2.75) is 53.0 Å². The molecule has 5 nitrogen and oxygen atoms in total. The maximum absolute atomic E-state index is 11.8. The number of carbonyl (C=O) groups is 2. The zero-order valence-electron chi connectivity index (χ0n) is 12.7. The zero-order valence-corrected chi connectivity index (χ0v) is 12.7. The maximum atomic E-state index is 11.8. The molecular weight excluding hydrogens is 244 g/mol. The van der Waals surface area contributed by atoms with Crippen LogP contribution in [0.1, 0.15) is 47.0 Å². The van der Waals surface area contributed by atoms with Crippen molar-refractivity contribution in [3.05, 3.63) is 0 Å². The van der Waals surface area contributed by atoms with Gasteiger partial charge in [-0.05, 0) is 33.2 Å². The standard InChI is InChI=1S/C14H28N2O3/c1-5-8-12(4)15-13(17)10-16(9-6-2)11-14(18)19-7-3/h12H,5-11H2,1-4H3,(H,15,17). The average Bonchev–Trinajstić information content (AvgIpc) is 2.29. The molecule has 0 aromatic rings. The number of esters is 1. The van der Waals surface area contributed by atoms with Gasteiger partial charge < -0.3 is 10.1 Å². The van der Waals surface area contributed by atoms with Crippen LogP contribution in [0.25, 0.3) is 0 Å². The molecule has 1 atom stereocenters. The number of hydrogen-bond donors (Lipinski definition) is 1. The van der Waals surface area contributed by atoms with Crippen molar-refractivity contribution in [3.8, 4) is 0 Å². The number of ether oxygens (including phenoxy) is 1. The van der Waals surface area contributed by atoms with Gasteiger partial charge in [-0.15, -0.1) is 0 Å². The molecule has 0 saturated heterocycles. The first-order chi connectivity index (χ1) is 9.03. The first kappa shape index (κ1) is 17.9. The van der Waals surface area contributed by atoms with Gasteiger partial charge in [0.25, 0.3) is 0 Å². The number of nitrogens with one attached hydrogen (secondary N) is 1. The van der Waals surface area contributed by atoms with Crippen molar-refractivity contribution in [1.82, 2.24) is 10.2 Å². The highest BCUT2D eigenvalue weighted by Crippen LogP contribution is 1.97. The first-order valence-corrected chi connectivity index (χ1v) is 7.20. The summed E-state index contributed by atoms with van der Waals surface area (Å²) < 4.78 is 4.91. The van der Waals surface area contributed by atoms with Crippen molar-refractivity contribution in [2.75, 3.05) is 26.2 Å². The Morgan fingerprint density at radius 2 is 1.84 bits per heavy atom. The quantitative estimate of drug-likeness (QED) is 0.613. The fourth-order valence-corrected chi connectivity index (χ4v) is 1.95. The van der Waals surface area contributed by atoms with E-state index in [0.717, 1.165) is 19.3 Å². The van der Waals surface area contributed by atoms with E-state index < -0.39 is 0 Å². The van der Waals surface area contributed by atoms with E-state index >= 15 is 0 Å². The van der Waals surface area contributed by atoms with Gasteiger partial charge in [-0.2, -0.15) is 0 Å². The van der Waals surface area contributed by atoms with Crippen LogP contribution in [-0.4, -0.2) is 49.1 Å². The van der Waals surface area contributed by atoms with Gasteiger partial charge in [-0.25, -0.2) is 0 Å². The molecule has 0 aliphatic rings. The molecule has 0 heterocycles. The number of hydrogen-bond acceptors (Lipinski definition) is 4. The molecular formula is C14H28N2O3. The summed E-state index contributed by atoms with van der Waals surface area (Å²) in [5, 5.41) is 2.94. The normalized spacial score (nSPS) is 12.3. The second-order valence-electron chi connectivity index (χ2n) is 4.77. The van der Waals surface area contributed by atoms with Crippen LogP contribution < -0.4 is 5.32 Å². The zero-order chi connectivity index (χ0) is 14.7.